The minimum Gasteiger partial charge on any atom is -0.462 e. The maximum Gasteiger partial charge on any atom is 0.334 e. The molecule has 0 amide bonds. The minimum atomic E-state index is -0.270. The molecule has 2 aromatic carbocycles. The first kappa shape index (κ1) is 15.1. The number of hydrogen-bond acceptors (Lipinski definition) is 6. The van der Waals surface area contributed by atoms with Gasteiger partial charge in [0.2, 0.25) is 13.6 Å². The summed E-state index contributed by atoms with van der Waals surface area (Å²) < 4.78 is 26.8. The molecule has 6 heteroatoms. The molecule has 1 saturated heterocycles. The highest BCUT2D eigenvalue weighted by Gasteiger charge is 2.31. The third-order valence-electron chi connectivity index (χ3n) is 4.73. The van der Waals surface area contributed by atoms with Crippen LogP contribution in [0.25, 0.3) is 6.08 Å². The van der Waals surface area contributed by atoms with Gasteiger partial charge in [-0.3, -0.25) is 0 Å². The average Bonchev–Trinajstić information content (AvgIpc) is 3.37. The van der Waals surface area contributed by atoms with E-state index in [-0.39, 0.29) is 25.5 Å². The molecule has 132 valence electrons. The molecule has 3 aliphatic rings. The van der Waals surface area contributed by atoms with E-state index in [0.717, 1.165) is 28.4 Å². The van der Waals surface area contributed by atoms with Gasteiger partial charge >= 0.3 is 5.97 Å². The maximum absolute atomic E-state index is 12.2. The second-order valence-corrected chi connectivity index (χ2v) is 6.40. The van der Waals surface area contributed by atoms with E-state index >= 15 is 0 Å². The summed E-state index contributed by atoms with van der Waals surface area (Å²) >= 11 is 0. The Labute approximate surface area is 149 Å². The Morgan fingerprint density at radius 3 is 2.35 bits per heavy atom. The van der Waals surface area contributed by atoms with E-state index < -0.39 is 0 Å². The lowest BCUT2D eigenvalue weighted by atomic mass is 9.92. The van der Waals surface area contributed by atoms with Gasteiger partial charge < -0.3 is 23.7 Å². The second kappa shape index (κ2) is 5.98. The van der Waals surface area contributed by atoms with Crippen LogP contribution in [0.1, 0.15) is 11.1 Å². The molecule has 3 heterocycles. The molecular formula is C20H16O6. The molecule has 0 aliphatic carbocycles. The zero-order chi connectivity index (χ0) is 17.5. The Balaban J connectivity index is 1.41. The van der Waals surface area contributed by atoms with Gasteiger partial charge in [-0.25, -0.2) is 4.79 Å². The molecule has 6 nitrogen and oxygen atoms in total. The highest BCUT2D eigenvalue weighted by atomic mass is 16.7. The highest BCUT2D eigenvalue weighted by Crippen LogP contribution is 2.36. The SMILES string of the molecule is O=C1OCC(Cc2ccc3c(c2)OCO3)/C1=C/c1ccc2c(c1)OCO2. The summed E-state index contributed by atoms with van der Waals surface area (Å²) in [5.41, 5.74) is 2.63. The zero-order valence-electron chi connectivity index (χ0n) is 13.9. The summed E-state index contributed by atoms with van der Waals surface area (Å²) in [6, 6.07) is 11.5. The third-order valence-corrected chi connectivity index (χ3v) is 4.73. The van der Waals surface area contributed by atoms with Crippen molar-refractivity contribution in [2.24, 2.45) is 5.92 Å². The highest BCUT2D eigenvalue weighted by molar-refractivity contribution is 5.96. The summed E-state index contributed by atoms with van der Waals surface area (Å²) in [7, 11) is 0. The van der Waals surface area contributed by atoms with Crippen LogP contribution in [0.3, 0.4) is 0 Å². The number of ether oxygens (including phenoxy) is 5. The van der Waals surface area contributed by atoms with E-state index in [4.69, 9.17) is 23.7 Å². The lowest BCUT2D eigenvalue weighted by Gasteiger charge is -2.09. The first-order valence-corrected chi connectivity index (χ1v) is 8.43. The van der Waals surface area contributed by atoms with Crippen LogP contribution in [0.4, 0.5) is 0 Å². The Morgan fingerprint density at radius 2 is 1.54 bits per heavy atom. The fourth-order valence-corrected chi connectivity index (χ4v) is 3.40. The predicted octanol–water partition coefficient (Wildman–Crippen LogP) is 2.94. The summed E-state index contributed by atoms with van der Waals surface area (Å²) in [6.07, 6.45) is 2.56. The van der Waals surface area contributed by atoms with Gasteiger partial charge in [-0.1, -0.05) is 12.1 Å². The van der Waals surface area contributed by atoms with Crippen LogP contribution in [-0.2, 0) is 16.0 Å². The number of hydrogen-bond donors (Lipinski definition) is 0. The maximum atomic E-state index is 12.2. The second-order valence-electron chi connectivity index (χ2n) is 6.40. The molecule has 0 aromatic heterocycles. The van der Waals surface area contributed by atoms with E-state index in [1.54, 1.807) is 0 Å². The van der Waals surface area contributed by atoms with Crippen molar-refractivity contribution in [2.45, 2.75) is 6.42 Å². The number of fused-ring (bicyclic) bond motifs is 2. The van der Waals surface area contributed by atoms with Gasteiger partial charge in [-0.05, 0) is 47.9 Å². The lowest BCUT2D eigenvalue weighted by Crippen LogP contribution is -2.07. The smallest absolute Gasteiger partial charge is 0.334 e. The number of esters is 1. The largest absolute Gasteiger partial charge is 0.462 e. The molecule has 2 aromatic rings. The van der Waals surface area contributed by atoms with Crippen molar-refractivity contribution in [3.63, 3.8) is 0 Å². The van der Waals surface area contributed by atoms with Crippen LogP contribution < -0.4 is 18.9 Å². The van der Waals surface area contributed by atoms with Gasteiger partial charge in [-0.2, -0.15) is 0 Å². The lowest BCUT2D eigenvalue weighted by molar-refractivity contribution is -0.135. The Bertz CT molecular complexity index is 917. The fourth-order valence-electron chi connectivity index (χ4n) is 3.40. The molecule has 5 rings (SSSR count). The molecule has 0 radical (unpaired) electrons. The Morgan fingerprint density at radius 1 is 0.846 bits per heavy atom. The quantitative estimate of drug-likeness (QED) is 0.625. The summed E-state index contributed by atoms with van der Waals surface area (Å²) in [6.45, 7) is 0.854. The third kappa shape index (κ3) is 2.63. The number of cyclic esters (lactones) is 1. The monoisotopic (exact) mass is 352 g/mol. The number of benzene rings is 2. The normalized spacial score (nSPS) is 21.3. The molecular weight excluding hydrogens is 336 g/mol. The summed E-state index contributed by atoms with van der Waals surface area (Å²) in [4.78, 5) is 12.2. The van der Waals surface area contributed by atoms with Crippen molar-refractivity contribution in [1.29, 1.82) is 0 Å². The molecule has 0 saturated carbocycles. The molecule has 0 N–H and O–H groups in total. The van der Waals surface area contributed by atoms with Gasteiger partial charge in [0.1, 0.15) is 0 Å². The molecule has 1 atom stereocenters. The van der Waals surface area contributed by atoms with Gasteiger partial charge in [0, 0.05) is 11.5 Å². The van der Waals surface area contributed by atoms with Crippen LogP contribution in [0, 0.1) is 5.92 Å². The minimum absolute atomic E-state index is 0.00621. The molecule has 1 unspecified atom stereocenters. The number of rotatable bonds is 3. The van der Waals surface area contributed by atoms with E-state index in [0.29, 0.717) is 24.4 Å². The molecule has 3 aliphatic heterocycles. The molecule has 26 heavy (non-hydrogen) atoms. The van der Waals surface area contributed by atoms with E-state index in [2.05, 4.69) is 0 Å². The van der Waals surface area contributed by atoms with E-state index in [1.165, 1.54) is 0 Å². The topological polar surface area (TPSA) is 63.2 Å². The average molecular weight is 352 g/mol. The number of carbonyl (C=O) groups is 1. The van der Waals surface area contributed by atoms with Gasteiger partial charge in [0.25, 0.3) is 0 Å². The van der Waals surface area contributed by atoms with Crippen molar-refractivity contribution in [3.05, 3.63) is 53.1 Å². The fraction of sp³-hybridized carbons (Fsp3) is 0.250. The molecule has 0 bridgehead atoms. The standard InChI is InChI=1S/C20H16O6/c21-20-15(6-13-2-4-17-19(8-13)26-11-24-17)14(9-22-20)5-12-1-3-16-18(7-12)25-10-23-16/h1-4,6-8,14H,5,9-11H2/b15-6-. The first-order chi connectivity index (χ1) is 12.8. The van der Waals surface area contributed by atoms with Gasteiger partial charge in [0.05, 0.1) is 6.61 Å². The van der Waals surface area contributed by atoms with Crippen LogP contribution >= 0.6 is 0 Å². The van der Waals surface area contributed by atoms with Crippen molar-refractivity contribution >= 4 is 12.0 Å². The summed E-state index contributed by atoms with van der Waals surface area (Å²) in [5, 5.41) is 0. The molecule has 1 fully saturated rings. The zero-order valence-corrected chi connectivity index (χ0v) is 13.9. The van der Waals surface area contributed by atoms with Crippen molar-refractivity contribution < 1.29 is 28.5 Å². The molecule has 0 spiro atoms. The van der Waals surface area contributed by atoms with Crippen LogP contribution in [0.2, 0.25) is 0 Å². The van der Waals surface area contributed by atoms with E-state index in [9.17, 15) is 4.79 Å². The van der Waals surface area contributed by atoms with Crippen LogP contribution in [0.5, 0.6) is 23.0 Å². The Kier molecular flexibility index (Phi) is 3.48. The predicted molar refractivity (Wildman–Crippen MR) is 91.3 cm³/mol. The van der Waals surface area contributed by atoms with Crippen molar-refractivity contribution in [1.82, 2.24) is 0 Å². The van der Waals surface area contributed by atoms with Crippen LogP contribution in [0.15, 0.2) is 42.0 Å². The Hall–Kier alpha value is -3.15. The van der Waals surface area contributed by atoms with E-state index in [1.807, 2.05) is 42.5 Å². The summed E-state index contributed by atoms with van der Waals surface area (Å²) in [5.74, 6) is 2.63. The van der Waals surface area contributed by atoms with Crippen molar-refractivity contribution in [2.75, 3.05) is 20.2 Å². The van der Waals surface area contributed by atoms with Crippen LogP contribution in [-0.4, -0.2) is 26.2 Å². The first-order valence-electron chi connectivity index (χ1n) is 8.43. The van der Waals surface area contributed by atoms with Crippen molar-refractivity contribution in [3.8, 4) is 23.0 Å². The number of carbonyl (C=O) groups excluding carboxylic acids is 1. The van der Waals surface area contributed by atoms with Gasteiger partial charge in [-0.15, -0.1) is 0 Å². The van der Waals surface area contributed by atoms with Gasteiger partial charge in [0.15, 0.2) is 23.0 Å².